The van der Waals surface area contributed by atoms with Gasteiger partial charge in [-0.25, -0.2) is 0 Å². The molecule has 0 fully saturated rings. The van der Waals surface area contributed by atoms with E-state index in [1.807, 2.05) is 0 Å². The van der Waals surface area contributed by atoms with Crippen molar-refractivity contribution in [3.05, 3.63) is 0 Å². The first-order valence-corrected chi connectivity index (χ1v) is 6.45. The molecule has 0 unspecified atom stereocenters. The molecule has 5 nitrogen and oxygen atoms in total. The van der Waals surface area contributed by atoms with E-state index in [0.29, 0.717) is 18.3 Å². The third-order valence-electron chi connectivity index (χ3n) is 2.91. The Morgan fingerprint density at radius 3 is 2.53 bits per heavy atom. The van der Waals surface area contributed by atoms with E-state index in [1.165, 1.54) is 12.8 Å². The van der Waals surface area contributed by atoms with Gasteiger partial charge in [0.25, 0.3) is 0 Å². The number of rotatable bonds is 10. The zero-order valence-electron chi connectivity index (χ0n) is 11.4. The van der Waals surface area contributed by atoms with Crippen molar-refractivity contribution in [1.82, 2.24) is 10.2 Å². The average Bonchev–Trinajstić information content (AvgIpc) is 2.31. The Balaban J connectivity index is 3.19. The molecule has 4 N–H and O–H groups in total. The Hall–Kier alpha value is -0.810. The van der Waals surface area contributed by atoms with Crippen LogP contribution in [-0.4, -0.2) is 48.7 Å². The summed E-state index contributed by atoms with van der Waals surface area (Å²) in [4.78, 5) is 2.36. The van der Waals surface area contributed by atoms with Crippen molar-refractivity contribution in [2.75, 3.05) is 26.7 Å². The van der Waals surface area contributed by atoms with Crippen LogP contribution in [0.2, 0.25) is 0 Å². The maximum Gasteiger partial charge on any atom is 0.139 e. The van der Waals surface area contributed by atoms with Gasteiger partial charge in [0.2, 0.25) is 0 Å². The van der Waals surface area contributed by atoms with Crippen LogP contribution in [0.1, 0.15) is 39.5 Å². The monoisotopic (exact) mass is 244 g/mol. The molecule has 0 bridgehead atoms. The van der Waals surface area contributed by atoms with Crippen LogP contribution in [0.25, 0.3) is 0 Å². The molecule has 0 rings (SSSR count). The first-order chi connectivity index (χ1) is 8.07. The highest BCUT2D eigenvalue weighted by Crippen LogP contribution is 1.97. The smallest absolute Gasteiger partial charge is 0.139 e. The van der Waals surface area contributed by atoms with Gasteiger partial charge in [-0.05, 0) is 59.8 Å². The third kappa shape index (κ3) is 10.1. The van der Waals surface area contributed by atoms with Crippen LogP contribution in [0, 0.1) is 0 Å². The number of hydrogen-bond acceptors (Lipinski definition) is 4. The molecular formula is C12H28N4O. The van der Waals surface area contributed by atoms with Gasteiger partial charge in [-0.3, -0.25) is 0 Å². The zero-order valence-corrected chi connectivity index (χ0v) is 11.4. The lowest BCUT2D eigenvalue weighted by Crippen LogP contribution is -2.28. The van der Waals surface area contributed by atoms with Gasteiger partial charge in [-0.2, -0.15) is 0 Å². The van der Waals surface area contributed by atoms with Crippen molar-refractivity contribution in [2.24, 2.45) is 10.9 Å². The van der Waals surface area contributed by atoms with E-state index in [-0.39, 0.29) is 0 Å². The molecule has 0 spiro atoms. The van der Waals surface area contributed by atoms with Crippen molar-refractivity contribution >= 4 is 5.84 Å². The number of nitrogens with zero attached hydrogens (tertiary/aromatic N) is 2. The summed E-state index contributed by atoms with van der Waals surface area (Å²) in [7, 11) is 2.16. The second kappa shape index (κ2) is 10.4. The van der Waals surface area contributed by atoms with Gasteiger partial charge >= 0.3 is 0 Å². The third-order valence-corrected chi connectivity index (χ3v) is 2.91. The van der Waals surface area contributed by atoms with Crippen molar-refractivity contribution in [2.45, 2.75) is 45.6 Å². The molecule has 0 amide bonds. The Morgan fingerprint density at radius 2 is 1.94 bits per heavy atom. The molecule has 0 aliphatic carbocycles. The fraction of sp³-hybridized carbons (Fsp3) is 0.917. The molecule has 17 heavy (non-hydrogen) atoms. The highest BCUT2D eigenvalue weighted by atomic mass is 16.4. The van der Waals surface area contributed by atoms with Crippen LogP contribution in [0.4, 0.5) is 0 Å². The van der Waals surface area contributed by atoms with Gasteiger partial charge < -0.3 is 21.2 Å². The number of oxime groups is 1. The zero-order chi connectivity index (χ0) is 13.1. The standard InChI is InChI=1S/C12H28N4O/c1-11(2)16(3)10-5-4-8-14-9-6-7-12(13)15-17/h11,14,17H,4-10H2,1-3H3,(H2,13,15). The first kappa shape index (κ1) is 16.2. The molecule has 102 valence electrons. The molecule has 0 saturated heterocycles. The molecule has 0 aromatic carbocycles. The summed E-state index contributed by atoms with van der Waals surface area (Å²) in [6.45, 7) is 7.55. The molecule has 0 aliphatic rings. The van der Waals surface area contributed by atoms with Gasteiger partial charge in [-0.15, -0.1) is 0 Å². The highest BCUT2D eigenvalue weighted by molar-refractivity contribution is 5.79. The molecule has 0 aliphatic heterocycles. The summed E-state index contributed by atoms with van der Waals surface area (Å²) >= 11 is 0. The Kier molecular flexibility index (Phi) is 9.86. The van der Waals surface area contributed by atoms with E-state index in [1.54, 1.807) is 0 Å². The summed E-state index contributed by atoms with van der Waals surface area (Å²) in [5.74, 6) is 0.311. The number of hydrogen-bond donors (Lipinski definition) is 3. The highest BCUT2D eigenvalue weighted by Gasteiger charge is 2.01. The van der Waals surface area contributed by atoms with Crippen molar-refractivity contribution in [3.8, 4) is 0 Å². The minimum Gasteiger partial charge on any atom is -0.409 e. The molecule has 0 radical (unpaired) electrons. The molecule has 0 aromatic heterocycles. The Bertz CT molecular complexity index is 207. The van der Waals surface area contributed by atoms with Crippen LogP contribution < -0.4 is 11.1 Å². The number of unbranched alkanes of at least 4 members (excludes halogenated alkanes) is 1. The van der Waals surface area contributed by atoms with E-state index < -0.39 is 0 Å². The van der Waals surface area contributed by atoms with E-state index in [0.717, 1.165) is 26.1 Å². The van der Waals surface area contributed by atoms with E-state index in [4.69, 9.17) is 10.9 Å². The summed E-state index contributed by atoms with van der Waals surface area (Å²) in [5, 5.41) is 14.6. The Morgan fingerprint density at radius 1 is 1.29 bits per heavy atom. The molecule has 0 atom stereocenters. The number of amidine groups is 1. The SMILES string of the molecule is CC(C)N(C)CCCCNCCCC(N)=NO. The van der Waals surface area contributed by atoms with Gasteiger partial charge in [0.15, 0.2) is 0 Å². The van der Waals surface area contributed by atoms with Crippen LogP contribution in [0.5, 0.6) is 0 Å². The number of nitrogens with two attached hydrogens (primary N) is 1. The topological polar surface area (TPSA) is 73.9 Å². The summed E-state index contributed by atoms with van der Waals surface area (Å²) in [6.07, 6.45) is 3.99. The molecule has 5 heteroatoms. The summed E-state index contributed by atoms with van der Waals surface area (Å²) < 4.78 is 0. The molecule has 0 heterocycles. The maximum atomic E-state index is 8.34. The first-order valence-electron chi connectivity index (χ1n) is 6.45. The largest absolute Gasteiger partial charge is 0.409 e. The lowest BCUT2D eigenvalue weighted by Gasteiger charge is -2.20. The maximum absolute atomic E-state index is 8.34. The summed E-state index contributed by atoms with van der Waals surface area (Å²) in [5.41, 5.74) is 5.36. The predicted molar refractivity (Wildman–Crippen MR) is 72.5 cm³/mol. The van der Waals surface area contributed by atoms with Crippen LogP contribution in [0.15, 0.2) is 5.16 Å². The van der Waals surface area contributed by atoms with E-state index in [2.05, 4.69) is 36.3 Å². The fourth-order valence-electron chi connectivity index (χ4n) is 1.44. The second-order valence-electron chi connectivity index (χ2n) is 4.73. The van der Waals surface area contributed by atoms with Crippen LogP contribution >= 0.6 is 0 Å². The summed E-state index contributed by atoms with van der Waals surface area (Å²) in [6, 6.07) is 0.628. The minimum absolute atomic E-state index is 0.311. The molecular weight excluding hydrogens is 216 g/mol. The van der Waals surface area contributed by atoms with Gasteiger partial charge in [0.05, 0.1) is 0 Å². The van der Waals surface area contributed by atoms with Crippen LogP contribution in [-0.2, 0) is 0 Å². The van der Waals surface area contributed by atoms with Gasteiger partial charge in [-0.1, -0.05) is 5.16 Å². The number of nitrogens with one attached hydrogen (secondary N) is 1. The van der Waals surface area contributed by atoms with Crippen LogP contribution in [0.3, 0.4) is 0 Å². The van der Waals surface area contributed by atoms with Crippen molar-refractivity contribution in [1.29, 1.82) is 0 Å². The van der Waals surface area contributed by atoms with Crippen molar-refractivity contribution in [3.63, 3.8) is 0 Å². The predicted octanol–water partition coefficient (Wildman–Crippen LogP) is 1.22. The van der Waals surface area contributed by atoms with Crippen molar-refractivity contribution < 1.29 is 5.21 Å². The lowest BCUT2D eigenvalue weighted by atomic mass is 10.2. The normalized spacial score (nSPS) is 12.6. The fourth-order valence-corrected chi connectivity index (χ4v) is 1.44. The van der Waals surface area contributed by atoms with E-state index >= 15 is 0 Å². The Labute approximate surface area is 105 Å². The molecule has 0 aromatic rings. The lowest BCUT2D eigenvalue weighted by molar-refractivity contribution is 0.268. The molecule has 0 saturated carbocycles. The quantitative estimate of drug-likeness (QED) is 0.178. The minimum atomic E-state index is 0.311. The van der Waals surface area contributed by atoms with Gasteiger partial charge in [0.1, 0.15) is 5.84 Å². The second-order valence-corrected chi connectivity index (χ2v) is 4.73. The van der Waals surface area contributed by atoms with E-state index in [9.17, 15) is 0 Å². The average molecular weight is 244 g/mol. The van der Waals surface area contributed by atoms with Gasteiger partial charge in [0, 0.05) is 12.5 Å².